The smallest absolute Gasteiger partial charge is 0.303 e. The van der Waals surface area contributed by atoms with Crippen molar-refractivity contribution >= 4 is 34.4 Å². The molecule has 1 aromatic carbocycles. The molecule has 3 heterocycles. The van der Waals surface area contributed by atoms with Crippen LogP contribution in [0, 0.1) is 11.8 Å². The van der Waals surface area contributed by atoms with Gasteiger partial charge in [-0.15, -0.1) is 0 Å². The van der Waals surface area contributed by atoms with Gasteiger partial charge in [-0.3, -0.25) is 14.4 Å². The van der Waals surface area contributed by atoms with Gasteiger partial charge >= 0.3 is 5.97 Å². The Morgan fingerprint density at radius 3 is 2.70 bits per heavy atom. The molecule has 2 atom stereocenters. The van der Waals surface area contributed by atoms with E-state index in [2.05, 4.69) is 35.7 Å². The summed E-state index contributed by atoms with van der Waals surface area (Å²) in [5.41, 5.74) is 4.63. The van der Waals surface area contributed by atoms with E-state index in [0.717, 1.165) is 67.4 Å². The number of carboxylic acid groups (broad SMARTS) is 1. The van der Waals surface area contributed by atoms with Gasteiger partial charge in [-0.25, -0.2) is 9.97 Å². The fourth-order valence-corrected chi connectivity index (χ4v) is 6.99. The molecule has 6 rings (SSSR count). The number of carboxylic acids is 1. The molecule has 0 saturated carbocycles. The molecule has 2 bridgehead atoms. The van der Waals surface area contributed by atoms with E-state index in [1.54, 1.807) is 0 Å². The Balaban J connectivity index is 1.20. The number of hydrogen-bond donors (Lipinski definition) is 2. The minimum Gasteiger partial charge on any atom is -0.481 e. The Hall–Kier alpha value is -4.07. The van der Waals surface area contributed by atoms with Gasteiger partial charge in [0.25, 0.3) is 5.91 Å². The maximum Gasteiger partial charge on any atom is 0.303 e. The number of nitrogens with one attached hydrogen (secondary N) is 1. The van der Waals surface area contributed by atoms with Crippen LogP contribution in [0.25, 0.3) is 16.6 Å². The number of likely N-dealkylation sites (tertiary alicyclic amines) is 1. The summed E-state index contributed by atoms with van der Waals surface area (Å²) in [5, 5.41) is 12.4. The van der Waals surface area contributed by atoms with Crippen LogP contribution >= 0.6 is 0 Å². The highest BCUT2D eigenvalue weighted by atomic mass is 16.4. The van der Waals surface area contributed by atoms with Gasteiger partial charge in [-0.1, -0.05) is 42.5 Å². The molecule has 2 aromatic rings. The Morgan fingerprint density at radius 2 is 1.86 bits per heavy atom. The first-order valence-electron chi connectivity index (χ1n) is 15.7. The third-order valence-corrected chi connectivity index (χ3v) is 9.35. The number of nitrogens with zero attached hydrogens (tertiary/aromatic N) is 3. The van der Waals surface area contributed by atoms with E-state index in [0.29, 0.717) is 49.4 Å². The molecular weight excluding hydrogens is 540 g/mol. The summed E-state index contributed by atoms with van der Waals surface area (Å²) < 4.78 is 0. The molecule has 1 spiro atoms. The van der Waals surface area contributed by atoms with Gasteiger partial charge < -0.3 is 15.3 Å². The molecule has 2 unspecified atom stereocenters. The number of rotatable bonds is 7. The standard InChI is InChI=1S/C35H40N4O4/c40-31(41)14-8-7-13-29-32(25-10-3-1-2-4-11-25)37-28-16-15-27(22-30(28)36-29)34(43)39-19-17-35(18-20-39)23-24-9-5-6-12-26(21-24)33(42)38-35/h1,3,5-6,9,11-12,15-16,22,24,26H,2,4,7-8,10,13-14,17-21,23H2,(H,38,42)(H,40,41). The SMILES string of the molecule is O=C(O)CCCCc1nc2cc(C(=O)N3CCC4(CC3)CC3C=CC=CC(C3)C(=O)N4)ccc2nc1C1=CCCC=CC1. The van der Waals surface area contributed by atoms with Crippen LogP contribution < -0.4 is 5.32 Å². The predicted molar refractivity (Wildman–Crippen MR) is 166 cm³/mol. The number of piperidine rings is 1. The average molecular weight is 581 g/mol. The second-order valence-corrected chi connectivity index (χ2v) is 12.4. The van der Waals surface area contributed by atoms with Crippen molar-refractivity contribution in [3.8, 4) is 0 Å². The van der Waals surface area contributed by atoms with Crippen LogP contribution in [0.2, 0.25) is 0 Å². The molecule has 2 saturated heterocycles. The maximum atomic E-state index is 13.7. The minimum atomic E-state index is -0.790. The van der Waals surface area contributed by atoms with E-state index in [1.807, 2.05) is 35.3 Å². The molecular formula is C35H40N4O4. The van der Waals surface area contributed by atoms with E-state index in [-0.39, 0.29) is 29.7 Å². The molecule has 2 amide bonds. The van der Waals surface area contributed by atoms with Crippen molar-refractivity contribution < 1.29 is 19.5 Å². The van der Waals surface area contributed by atoms with Crippen LogP contribution in [-0.2, 0) is 16.0 Å². The van der Waals surface area contributed by atoms with Crippen molar-refractivity contribution in [2.24, 2.45) is 11.8 Å². The van der Waals surface area contributed by atoms with Gasteiger partial charge in [0, 0.05) is 30.6 Å². The summed E-state index contributed by atoms with van der Waals surface area (Å²) in [6, 6.07) is 5.58. The third kappa shape index (κ3) is 6.63. The lowest BCUT2D eigenvalue weighted by Gasteiger charge is -2.42. The molecule has 0 radical (unpaired) electrons. The zero-order valence-corrected chi connectivity index (χ0v) is 24.6. The molecule has 4 aliphatic rings. The first kappa shape index (κ1) is 29.0. The fourth-order valence-electron chi connectivity index (χ4n) is 6.99. The van der Waals surface area contributed by atoms with Gasteiger partial charge in [0.05, 0.1) is 28.3 Å². The highest BCUT2D eigenvalue weighted by Crippen LogP contribution is 2.37. The number of amides is 2. The van der Waals surface area contributed by atoms with Crippen LogP contribution in [-0.4, -0.2) is 56.4 Å². The van der Waals surface area contributed by atoms with Crippen LogP contribution in [0.3, 0.4) is 0 Å². The lowest BCUT2D eigenvalue weighted by Crippen LogP contribution is -2.56. The third-order valence-electron chi connectivity index (χ3n) is 9.35. The molecule has 8 heteroatoms. The van der Waals surface area contributed by atoms with E-state index < -0.39 is 5.97 Å². The molecule has 1 aromatic heterocycles. The summed E-state index contributed by atoms with van der Waals surface area (Å²) in [6.07, 6.45) is 22.9. The second kappa shape index (κ2) is 12.7. The van der Waals surface area contributed by atoms with E-state index >= 15 is 0 Å². The summed E-state index contributed by atoms with van der Waals surface area (Å²) in [6.45, 7) is 1.18. The summed E-state index contributed by atoms with van der Waals surface area (Å²) >= 11 is 0. The number of aromatic nitrogens is 2. The Morgan fingerprint density at radius 1 is 1.02 bits per heavy atom. The molecule has 43 heavy (non-hydrogen) atoms. The maximum absolute atomic E-state index is 13.7. The number of aliphatic carboxylic acids is 1. The number of unbranched alkanes of at least 4 members (excludes halogenated alkanes) is 1. The van der Waals surface area contributed by atoms with Crippen molar-refractivity contribution in [1.82, 2.24) is 20.2 Å². The van der Waals surface area contributed by atoms with E-state index in [9.17, 15) is 14.4 Å². The summed E-state index contributed by atoms with van der Waals surface area (Å²) in [5.74, 6) is -0.449. The molecule has 224 valence electrons. The van der Waals surface area contributed by atoms with Crippen LogP contribution in [0.1, 0.15) is 86.0 Å². The van der Waals surface area contributed by atoms with Crippen molar-refractivity contribution in [2.45, 2.75) is 76.2 Å². The van der Waals surface area contributed by atoms with E-state index in [1.165, 1.54) is 0 Å². The molecule has 2 N–H and O–H groups in total. The quantitative estimate of drug-likeness (QED) is 0.317. The fraction of sp³-hybridized carbons (Fsp3) is 0.457. The average Bonchev–Trinajstić information content (AvgIpc) is 3.46. The first-order chi connectivity index (χ1) is 20.9. The number of hydrogen-bond acceptors (Lipinski definition) is 5. The second-order valence-electron chi connectivity index (χ2n) is 12.4. The van der Waals surface area contributed by atoms with Crippen LogP contribution in [0.5, 0.6) is 0 Å². The number of benzene rings is 1. The topological polar surface area (TPSA) is 112 Å². The number of fused-ring (bicyclic) bond motifs is 3. The first-order valence-corrected chi connectivity index (χ1v) is 15.7. The highest BCUT2D eigenvalue weighted by Gasteiger charge is 2.42. The lowest BCUT2D eigenvalue weighted by atomic mass is 9.79. The van der Waals surface area contributed by atoms with Crippen molar-refractivity contribution in [2.75, 3.05) is 13.1 Å². The monoisotopic (exact) mass is 580 g/mol. The highest BCUT2D eigenvalue weighted by molar-refractivity contribution is 5.97. The van der Waals surface area contributed by atoms with Crippen molar-refractivity contribution in [3.05, 3.63) is 77.7 Å². The normalized spacial score (nSPS) is 22.9. The van der Waals surface area contributed by atoms with Crippen LogP contribution in [0.4, 0.5) is 0 Å². The van der Waals surface area contributed by atoms with Gasteiger partial charge in [-0.05, 0) is 93.9 Å². The number of carbonyl (C=O) groups excluding carboxylic acids is 2. The van der Waals surface area contributed by atoms with Gasteiger partial charge in [0.15, 0.2) is 0 Å². The lowest BCUT2D eigenvalue weighted by molar-refractivity contribution is -0.137. The summed E-state index contributed by atoms with van der Waals surface area (Å²) in [4.78, 5) is 49.6. The predicted octanol–water partition coefficient (Wildman–Crippen LogP) is 5.79. The zero-order chi connectivity index (χ0) is 29.8. The Bertz CT molecular complexity index is 1530. The van der Waals surface area contributed by atoms with Crippen molar-refractivity contribution in [1.29, 1.82) is 0 Å². The van der Waals surface area contributed by atoms with Gasteiger partial charge in [0.1, 0.15) is 0 Å². The van der Waals surface area contributed by atoms with Crippen LogP contribution in [0.15, 0.2) is 60.7 Å². The molecule has 2 aliphatic heterocycles. The van der Waals surface area contributed by atoms with E-state index in [4.69, 9.17) is 15.1 Å². The van der Waals surface area contributed by atoms with Gasteiger partial charge in [0.2, 0.25) is 5.91 Å². The largest absolute Gasteiger partial charge is 0.481 e. The number of aryl methyl sites for hydroxylation is 1. The number of carbonyl (C=O) groups is 3. The summed E-state index contributed by atoms with van der Waals surface area (Å²) in [7, 11) is 0. The molecule has 2 aliphatic carbocycles. The molecule has 2 fully saturated rings. The van der Waals surface area contributed by atoms with Gasteiger partial charge in [-0.2, -0.15) is 0 Å². The minimum absolute atomic E-state index is 0.0273. The Labute approximate surface area is 252 Å². The zero-order valence-electron chi connectivity index (χ0n) is 24.6. The van der Waals surface area contributed by atoms with Crippen molar-refractivity contribution in [3.63, 3.8) is 0 Å². The molecule has 8 nitrogen and oxygen atoms in total. The Kier molecular flexibility index (Phi) is 8.54. The number of allylic oxidation sites excluding steroid dienone is 7.